The average Bonchev–Trinajstić information content (AvgIpc) is 3.19. The van der Waals surface area contributed by atoms with E-state index >= 15 is 0 Å². The monoisotopic (exact) mass is 332 g/mol. The highest BCUT2D eigenvalue weighted by Gasteiger charge is 2.29. The topological polar surface area (TPSA) is 80.6 Å². The van der Waals surface area contributed by atoms with E-state index in [0.717, 1.165) is 22.2 Å². The van der Waals surface area contributed by atoms with Crippen molar-refractivity contribution in [1.82, 2.24) is 19.7 Å². The lowest BCUT2D eigenvalue weighted by Gasteiger charge is -2.03. The van der Waals surface area contributed by atoms with Gasteiger partial charge in [0, 0.05) is 24.2 Å². The predicted molar refractivity (Wildman–Crippen MR) is 88.3 cm³/mol. The fourth-order valence-corrected chi connectivity index (χ4v) is 3.70. The second-order valence-corrected chi connectivity index (χ2v) is 7.01. The summed E-state index contributed by atoms with van der Waals surface area (Å²) in [5.74, 6) is 1.76. The van der Waals surface area contributed by atoms with E-state index in [1.165, 1.54) is 31.5 Å². The van der Waals surface area contributed by atoms with Crippen molar-refractivity contribution in [2.45, 2.75) is 44.7 Å². The van der Waals surface area contributed by atoms with E-state index in [1.54, 1.807) is 0 Å². The highest BCUT2D eigenvalue weighted by Crippen LogP contribution is 2.39. The number of aryl methyl sites for hydroxylation is 1. The van der Waals surface area contributed by atoms with Crippen molar-refractivity contribution in [2.75, 3.05) is 5.75 Å². The van der Waals surface area contributed by atoms with Crippen LogP contribution in [0.5, 0.6) is 0 Å². The number of carbonyl (C=O) groups excluding carboxylic acids is 2. The van der Waals surface area contributed by atoms with Gasteiger partial charge in [-0.15, -0.1) is 10.2 Å². The minimum Gasteiger partial charge on any atom is -0.355 e. The molecular weight excluding hydrogens is 312 g/mol. The Kier molecular flexibility index (Phi) is 4.14. The molecule has 0 unspecified atom stereocenters. The molecule has 0 aliphatic heterocycles. The van der Waals surface area contributed by atoms with Gasteiger partial charge < -0.3 is 9.55 Å². The number of nitrogens with zero attached hydrogens (tertiary/aromatic N) is 3. The van der Waals surface area contributed by atoms with Crippen LogP contribution in [0.4, 0.5) is 0 Å². The van der Waals surface area contributed by atoms with E-state index in [0.29, 0.717) is 17.2 Å². The second-order valence-electron chi connectivity index (χ2n) is 6.07. The van der Waals surface area contributed by atoms with E-state index in [9.17, 15) is 9.59 Å². The first-order chi connectivity index (χ1) is 10.9. The number of hydrogen-bond acceptors (Lipinski definition) is 5. The number of aromatic amines is 1. The molecular formula is C16H20N4O2S. The van der Waals surface area contributed by atoms with Crippen molar-refractivity contribution in [3.8, 4) is 0 Å². The molecule has 1 aliphatic rings. The van der Waals surface area contributed by atoms with Gasteiger partial charge in [0.2, 0.25) is 0 Å². The van der Waals surface area contributed by atoms with Crippen LogP contribution in [0, 0.1) is 13.8 Å². The highest BCUT2D eigenvalue weighted by molar-refractivity contribution is 7.99. The smallest absolute Gasteiger partial charge is 0.191 e. The van der Waals surface area contributed by atoms with Gasteiger partial charge in [0.05, 0.1) is 11.4 Å². The normalized spacial score (nSPS) is 14.3. The summed E-state index contributed by atoms with van der Waals surface area (Å²) < 4.78 is 1.98. The molecule has 6 nitrogen and oxygen atoms in total. The Balaban J connectivity index is 1.73. The Morgan fingerprint density at radius 3 is 2.57 bits per heavy atom. The van der Waals surface area contributed by atoms with Crippen LogP contribution in [-0.4, -0.2) is 37.1 Å². The minimum absolute atomic E-state index is 0.0228. The number of carbonyl (C=O) groups is 2. The number of nitrogens with one attached hydrogen (secondary N) is 1. The molecule has 0 radical (unpaired) electrons. The Bertz CT molecular complexity index is 786. The second kappa shape index (κ2) is 5.96. The molecule has 2 aromatic rings. The van der Waals surface area contributed by atoms with Crippen LogP contribution < -0.4 is 0 Å². The Morgan fingerprint density at radius 2 is 2.00 bits per heavy atom. The summed E-state index contributed by atoms with van der Waals surface area (Å²) in [5.41, 5.74) is 2.62. The molecule has 1 aliphatic carbocycles. The van der Waals surface area contributed by atoms with Gasteiger partial charge in [-0.25, -0.2) is 0 Å². The van der Waals surface area contributed by atoms with E-state index in [4.69, 9.17) is 0 Å². The Morgan fingerprint density at radius 1 is 1.30 bits per heavy atom. The van der Waals surface area contributed by atoms with Crippen LogP contribution >= 0.6 is 11.8 Å². The summed E-state index contributed by atoms with van der Waals surface area (Å²) in [6.07, 6.45) is 2.34. The molecule has 1 fully saturated rings. The maximum absolute atomic E-state index is 12.5. The van der Waals surface area contributed by atoms with Crippen LogP contribution in [0.15, 0.2) is 5.16 Å². The molecule has 0 atom stereocenters. The van der Waals surface area contributed by atoms with E-state index < -0.39 is 0 Å². The van der Waals surface area contributed by atoms with Crippen molar-refractivity contribution in [2.24, 2.45) is 7.05 Å². The number of aromatic nitrogens is 4. The first-order valence-electron chi connectivity index (χ1n) is 7.65. The van der Waals surface area contributed by atoms with Crippen LogP contribution in [0.1, 0.15) is 63.6 Å². The van der Waals surface area contributed by atoms with Crippen LogP contribution in [0.3, 0.4) is 0 Å². The third-order valence-electron chi connectivity index (χ3n) is 4.21. The molecule has 2 aromatic heterocycles. The quantitative estimate of drug-likeness (QED) is 0.650. The van der Waals surface area contributed by atoms with Gasteiger partial charge in [0.25, 0.3) is 0 Å². The standard InChI is InChI=1S/C16H20N4O2S/c1-8-13(10(3)21)9(2)17-14(8)12(22)7-23-16-19-18-15(20(16)4)11-5-6-11/h11,17H,5-7H2,1-4H3. The average molecular weight is 332 g/mol. The zero-order valence-corrected chi connectivity index (χ0v) is 14.6. The molecule has 7 heteroatoms. The third kappa shape index (κ3) is 2.97. The first-order valence-corrected chi connectivity index (χ1v) is 8.64. The Labute approximate surface area is 139 Å². The van der Waals surface area contributed by atoms with Crippen molar-refractivity contribution in [1.29, 1.82) is 0 Å². The molecule has 0 amide bonds. The van der Waals surface area contributed by atoms with E-state index in [2.05, 4.69) is 15.2 Å². The highest BCUT2D eigenvalue weighted by atomic mass is 32.2. The van der Waals surface area contributed by atoms with Crippen LogP contribution in [0.25, 0.3) is 0 Å². The molecule has 2 heterocycles. The number of ketones is 2. The largest absolute Gasteiger partial charge is 0.355 e. The molecule has 3 rings (SSSR count). The van der Waals surface area contributed by atoms with Gasteiger partial charge in [0.15, 0.2) is 16.7 Å². The van der Waals surface area contributed by atoms with Crippen molar-refractivity contribution < 1.29 is 9.59 Å². The molecule has 122 valence electrons. The number of Topliss-reactive ketones (excluding diaryl/α,β-unsaturated/α-hetero) is 2. The number of rotatable bonds is 6. The van der Waals surface area contributed by atoms with Crippen LogP contribution in [0.2, 0.25) is 0 Å². The van der Waals surface area contributed by atoms with Crippen LogP contribution in [-0.2, 0) is 7.05 Å². The summed E-state index contributed by atoms with van der Waals surface area (Å²) in [7, 11) is 1.94. The first kappa shape index (κ1) is 16.0. The zero-order valence-electron chi connectivity index (χ0n) is 13.8. The Hall–Kier alpha value is -1.89. The molecule has 1 saturated carbocycles. The summed E-state index contributed by atoms with van der Waals surface area (Å²) in [4.78, 5) is 27.2. The number of hydrogen-bond donors (Lipinski definition) is 1. The fraction of sp³-hybridized carbons (Fsp3) is 0.500. The minimum atomic E-state index is -0.0286. The van der Waals surface area contributed by atoms with Gasteiger partial charge in [-0.05, 0) is 39.2 Å². The third-order valence-corrected chi connectivity index (χ3v) is 5.23. The summed E-state index contributed by atoms with van der Waals surface area (Å²) in [6, 6.07) is 0. The maximum atomic E-state index is 12.5. The van der Waals surface area contributed by atoms with Crippen molar-refractivity contribution in [3.63, 3.8) is 0 Å². The van der Waals surface area contributed by atoms with E-state index in [1.807, 2.05) is 25.5 Å². The molecule has 0 bridgehead atoms. The van der Waals surface area contributed by atoms with Crippen molar-refractivity contribution >= 4 is 23.3 Å². The summed E-state index contributed by atoms with van der Waals surface area (Å²) in [5, 5.41) is 9.15. The van der Waals surface area contributed by atoms with Gasteiger partial charge in [-0.1, -0.05) is 11.8 Å². The SMILES string of the molecule is CC(=O)c1c(C)[nH]c(C(=O)CSc2nnc(C3CC3)n2C)c1C. The molecule has 0 saturated heterocycles. The van der Waals surface area contributed by atoms with Gasteiger partial charge in [-0.3, -0.25) is 9.59 Å². The van der Waals surface area contributed by atoms with E-state index in [-0.39, 0.29) is 17.3 Å². The number of thioether (sulfide) groups is 1. The maximum Gasteiger partial charge on any atom is 0.191 e. The number of H-pyrrole nitrogens is 1. The zero-order chi connectivity index (χ0) is 16.7. The van der Waals surface area contributed by atoms with Gasteiger partial charge in [-0.2, -0.15) is 0 Å². The molecule has 23 heavy (non-hydrogen) atoms. The molecule has 0 aromatic carbocycles. The predicted octanol–water partition coefficient (Wildman–Crippen LogP) is 2.82. The lowest BCUT2D eigenvalue weighted by molar-refractivity contribution is 0.101. The molecule has 1 N–H and O–H groups in total. The van der Waals surface area contributed by atoms with Gasteiger partial charge in [0.1, 0.15) is 5.82 Å². The lowest BCUT2D eigenvalue weighted by atomic mass is 10.1. The summed E-state index contributed by atoms with van der Waals surface area (Å²) >= 11 is 1.38. The summed E-state index contributed by atoms with van der Waals surface area (Å²) in [6.45, 7) is 5.15. The lowest BCUT2D eigenvalue weighted by Crippen LogP contribution is -2.07. The fourth-order valence-electron chi connectivity index (χ4n) is 2.91. The van der Waals surface area contributed by atoms with Crippen molar-refractivity contribution in [3.05, 3.63) is 28.3 Å². The molecule has 0 spiro atoms. The van der Waals surface area contributed by atoms with Gasteiger partial charge >= 0.3 is 0 Å².